The van der Waals surface area contributed by atoms with Gasteiger partial charge in [-0.2, -0.15) is 10.2 Å². The second-order valence-electron chi connectivity index (χ2n) is 7.02. The molecule has 31 heavy (non-hydrogen) atoms. The van der Waals surface area contributed by atoms with E-state index in [1.54, 1.807) is 0 Å². The fraction of sp³-hybridized carbons (Fsp3) is 0.304. The second kappa shape index (κ2) is 9.63. The first-order valence-corrected chi connectivity index (χ1v) is 10.5. The number of halogens is 1. The number of rotatable bonds is 7. The van der Waals surface area contributed by atoms with Crippen LogP contribution < -0.4 is 19.3 Å². The second-order valence-corrected chi connectivity index (χ2v) is 7.46. The number of hydrogen-bond acceptors (Lipinski definition) is 7. The molecule has 0 radical (unpaired) electrons. The van der Waals surface area contributed by atoms with Crippen LogP contribution in [-0.4, -0.2) is 37.8 Å². The van der Waals surface area contributed by atoms with Crippen molar-refractivity contribution in [2.75, 3.05) is 42.6 Å². The smallest absolute Gasteiger partial charge is 0.236 e. The fourth-order valence-corrected chi connectivity index (χ4v) is 3.67. The van der Waals surface area contributed by atoms with Gasteiger partial charge in [0.2, 0.25) is 17.5 Å². The van der Waals surface area contributed by atoms with Gasteiger partial charge in [0.05, 0.1) is 6.61 Å². The van der Waals surface area contributed by atoms with Crippen LogP contribution in [0.25, 0.3) is 0 Å². The van der Waals surface area contributed by atoms with E-state index in [2.05, 4.69) is 16.0 Å². The summed E-state index contributed by atoms with van der Waals surface area (Å²) in [6.07, 6.45) is 0. The lowest BCUT2D eigenvalue weighted by Crippen LogP contribution is -2.46. The summed E-state index contributed by atoms with van der Waals surface area (Å²) in [6, 6.07) is 17.3. The van der Waals surface area contributed by atoms with Crippen LogP contribution >= 0.6 is 11.6 Å². The molecule has 3 aromatic rings. The van der Waals surface area contributed by atoms with Crippen LogP contribution in [0.15, 0.2) is 52.9 Å². The number of ether oxygens (including phenoxy) is 2. The van der Waals surface area contributed by atoms with Gasteiger partial charge in [-0.25, -0.2) is 0 Å². The van der Waals surface area contributed by atoms with Gasteiger partial charge in [-0.1, -0.05) is 17.7 Å². The summed E-state index contributed by atoms with van der Waals surface area (Å²) >= 11 is 6.11. The van der Waals surface area contributed by atoms with Gasteiger partial charge in [-0.05, 0) is 49.4 Å². The predicted molar refractivity (Wildman–Crippen MR) is 119 cm³/mol. The molecule has 160 valence electrons. The first-order chi connectivity index (χ1) is 15.2. The molecule has 2 heterocycles. The van der Waals surface area contributed by atoms with Crippen molar-refractivity contribution in [1.82, 2.24) is 4.98 Å². The number of aromatic nitrogens is 1. The Morgan fingerprint density at radius 2 is 1.71 bits per heavy atom. The Morgan fingerprint density at radius 1 is 1.03 bits per heavy atom. The van der Waals surface area contributed by atoms with E-state index in [0.29, 0.717) is 24.1 Å². The minimum absolute atomic E-state index is 0.144. The maximum Gasteiger partial charge on any atom is 0.236 e. The number of nitrogens with zero attached hydrogens (tertiary/aromatic N) is 4. The summed E-state index contributed by atoms with van der Waals surface area (Å²) in [4.78, 5) is 8.62. The topological polar surface area (TPSA) is 74.8 Å². The van der Waals surface area contributed by atoms with Crippen molar-refractivity contribution in [2.45, 2.75) is 13.5 Å². The summed E-state index contributed by atoms with van der Waals surface area (Å²) in [5.74, 6) is 2.34. The molecule has 0 aliphatic carbocycles. The van der Waals surface area contributed by atoms with Crippen LogP contribution in [0, 0.1) is 11.3 Å². The van der Waals surface area contributed by atoms with E-state index >= 15 is 0 Å². The molecule has 0 amide bonds. The minimum atomic E-state index is 0.144. The van der Waals surface area contributed by atoms with Gasteiger partial charge in [0.25, 0.3) is 0 Å². The Balaban J connectivity index is 1.38. The molecule has 0 unspecified atom stereocenters. The molecule has 2 aromatic carbocycles. The van der Waals surface area contributed by atoms with Crippen molar-refractivity contribution in [3.05, 3.63) is 65.1 Å². The van der Waals surface area contributed by atoms with E-state index in [-0.39, 0.29) is 12.3 Å². The molecule has 0 spiro atoms. The van der Waals surface area contributed by atoms with Gasteiger partial charge in [0.1, 0.15) is 17.6 Å². The Bertz CT molecular complexity index is 1050. The first kappa shape index (κ1) is 20.9. The number of anilines is 2. The summed E-state index contributed by atoms with van der Waals surface area (Å²) in [6.45, 7) is 5.72. The zero-order valence-electron chi connectivity index (χ0n) is 17.3. The van der Waals surface area contributed by atoms with Crippen LogP contribution in [0.5, 0.6) is 11.5 Å². The maximum absolute atomic E-state index is 9.51. The zero-order valence-corrected chi connectivity index (χ0v) is 18.0. The molecular weight excluding hydrogens is 416 g/mol. The predicted octanol–water partition coefficient (Wildman–Crippen LogP) is 4.50. The largest absolute Gasteiger partial charge is 0.494 e. The monoisotopic (exact) mass is 438 g/mol. The molecule has 1 aliphatic rings. The van der Waals surface area contributed by atoms with E-state index < -0.39 is 0 Å². The third-order valence-corrected chi connectivity index (χ3v) is 5.23. The molecule has 1 aliphatic heterocycles. The van der Waals surface area contributed by atoms with Crippen molar-refractivity contribution in [1.29, 1.82) is 5.26 Å². The third-order valence-electron chi connectivity index (χ3n) is 5.00. The van der Waals surface area contributed by atoms with Gasteiger partial charge in [-0.15, -0.1) is 0 Å². The highest BCUT2D eigenvalue weighted by Gasteiger charge is 2.24. The van der Waals surface area contributed by atoms with Crippen LogP contribution in [0.3, 0.4) is 0 Å². The highest BCUT2D eigenvalue weighted by atomic mass is 35.5. The first-order valence-electron chi connectivity index (χ1n) is 10.2. The van der Waals surface area contributed by atoms with Crippen LogP contribution in [-0.2, 0) is 6.61 Å². The van der Waals surface area contributed by atoms with Crippen molar-refractivity contribution in [3.8, 4) is 17.6 Å². The Labute approximate surface area is 186 Å². The number of benzene rings is 2. The minimum Gasteiger partial charge on any atom is -0.494 e. The molecule has 1 aromatic heterocycles. The molecule has 0 saturated carbocycles. The number of piperazine rings is 1. The van der Waals surface area contributed by atoms with Crippen molar-refractivity contribution >= 4 is 23.2 Å². The van der Waals surface area contributed by atoms with Crippen LogP contribution in [0.1, 0.15) is 18.5 Å². The molecule has 4 rings (SSSR count). The summed E-state index contributed by atoms with van der Waals surface area (Å²) in [7, 11) is 0. The third kappa shape index (κ3) is 5.04. The lowest BCUT2D eigenvalue weighted by molar-refractivity contribution is 0.262. The Kier molecular flexibility index (Phi) is 6.48. The van der Waals surface area contributed by atoms with Gasteiger partial charge in [0, 0.05) is 36.9 Å². The van der Waals surface area contributed by atoms with E-state index in [0.717, 1.165) is 42.6 Å². The van der Waals surface area contributed by atoms with E-state index in [1.807, 2.05) is 60.4 Å². The van der Waals surface area contributed by atoms with Crippen molar-refractivity contribution in [2.24, 2.45) is 0 Å². The highest BCUT2D eigenvalue weighted by Crippen LogP contribution is 2.27. The zero-order chi connectivity index (χ0) is 21.6. The molecule has 8 heteroatoms. The Morgan fingerprint density at radius 3 is 2.35 bits per heavy atom. The average molecular weight is 439 g/mol. The standard InChI is InChI=1S/C23H23ClN4O3/c1-2-29-19-6-8-20(9-7-19)30-16-22-26-21(15-25)23(31-22)28-12-10-27(11-13-28)18-5-3-4-17(24)14-18/h3-9,14H,2,10-13,16H2,1H3. The lowest BCUT2D eigenvalue weighted by atomic mass is 10.2. The van der Waals surface area contributed by atoms with Crippen molar-refractivity contribution < 1.29 is 13.9 Å². The maximum atomic E-state index is 9.51. The average Bonchev–Trinajstić information content (AvgIpc) is 3.22. The fourth-order valence-electron chi connectivity index (χ4n) is 3.49. The van der Waals surface area contributed by atoms with Gasteiger partial charge < -0.3 is 23.7 Å². The molecule has 0 atom stereocenters. The van der Waals surface area contributed by atoms with E-state index in [1.165, 1.54) is 0 Å². The van der Waals surface area contributed by atoms with Crippen molar-refractivity contribution in [3.63, 3.8) is 0 Å². The number of oxazole rings is 1. The summed E-state index contributed by atoms with van der Waals surface area (Å²) < 4.78 is 17.1. The molecule has 1 saturated heterocycles. The molecule has 0 bridgehead atoms. The molecule has 7 nitrogen and oxygen atoms in total. The van der Waals surface area contributed by atoms with Crippen LogP contribution in [0.2, 0.25) is 5.02 Å². The van der Waals surface area contributed by atoms with Gasteiger partial charge in [0.15, 0.2) is 6.61 Å². The van der Waals surface area contributed by atoms with Gasteiger partial charge >= 0.3 is 0 Å². The Hall–Kier alpha value is -3.37. The number of hydrogen-bond donors (Lipinski definition) is 0. The normalized spacial score (nSPS) is 13.7. The highest BCUT2D eigenvalue weighted by molar-refractivity contribution is 6.30. The molecular formula is C23H23ClN4O3. The molecule has 0 N–H and O–H groups in total. The summed E-state index contributed by atoms with van der Waals surface area (Å²) in [5.41, 5.74) is 1.37. The van der Waals surface area contributed by atoms with Gasteiger partial charge in [-0.3, -0.25) is 0 Å². The SMILES string of the molecule is CCOc1ccc(OCc2nc(C#N)c(N3CCN(c4cccc(Cl)c4)CC3)o2)cc1. The number of nitriles is 1. The van der Waals surface area contributed by atoms with Crippen LogP contribution in [0.4, 0.5) is 11.6 Å². The summed E-state index contributed by atoms with van der Waals surface area (Å²) in [5, 5.41) is 10.2. The quantitative estimate of drug-likeness (QED) is 0.537. The van der Waals surface area contributed by atoms with E-state index in [4.69, 9.17) is 25.5 Å². The molecule has 1 fully saturated rings. The van der Waals surface area contributed by atoms with E-state index in [9.17, 15) is 5.26 Å². The lowest BCUT2D eigenvalue weighted by Gasteiger charge is -2.35.